The molecule has 0 saturated carbocycles. The number of aliphatic carboxylic acids is 3. The summed E-state index contributed by atoms with van der Waals surface area (Å²) >= 11 is 0. The molecule has 216 valence electrons. The average molecular weight is 526 g/mol. The number of carbonyl (C=O) groups excluding carboxylic acids is 1. The molecule has 0 aromatic carbocycles. The summed E-state index contributed by atoms with van der Waals surface area (Å²) in [6.45, 7) is 7.48. The van der Waals surface area contributed by atoms with Crippen LogP contribution in [0.15, 0.2) is 12.2 Å². The lowest BCUT2D eigenvalue weighted by atomic mass is 9.94. The van der Waals surface area contributed by atoms with Crippen LogP contribution in [0.25, 0.3) is 0 Å². The first-order chi connectivity index (χ1) is 17.7. The number of hydrogen-bond donors (Lipinski definition) is 2. The first-order valence-electron chi connectivity index (χ1n) is 14.9. The molecular formula is C30H55NO6. The minimum absolute atomic E-state index is 0.126. The maximum absolute atomic E-state index is 12.2. The fraction of sp³-hybridized carbons (Fsp3) is 0.833. The highest BCUT2D eigenvalue weighted by molar-refractivity contribution is 5.77. The van der Waals surface area contributed by atoms with E-state index in [1.165, 1.54) is 44.9 Å². The van der Waals surface area contributed by atoms with Crippen molar-refractivity contribution in [1.82, 2.24) is 0 Å². The molecule has 0 aliphatic carbocycles. The van der Waals surface area contributed by atoms with Crippen LogP contribution in [0.4, 0.5) is 0 Å². The van der Waals surface area contributed by atoms with E-state index in [9.17, 15) is 29.7 Å². The van der Waals surface area contributed by atoms with Crippen molar-refractivity contribution in [2.24, 2.45) is 0 Å². The standard InChI is InChI=1S/C30H55NO6/c1-5-9-10-11-12-13-14-15-16-17-18-19-20-21-22-23-24-31(25(6-2)28(32)33,26(7-3)29(34)35)27(8-4)30(36)37/h16-17,25-27H,5-15,18-24H2,1-4H3,(H2-,32,33,34,35,36,37)/b17-16+. The van der Waals surface area contributed by atoms with E-state index in [1.54, 1.807) is 20.8 Å². The Balaban J connectivity index is 4.81. The molecule has 0 aromatic heterocycles. The maximum atomic E-state index is 12.2. The van der Waals surface area contributed by atoms with Crippen LogP contribution in [0.1, 0.15) is 137 Å². The van der Waals surface area contributed by atoms with Gasteiger partial charge >= 0.3 is 11.9 Å². The van der Waals surface area contributed by atoms with E-state index < -0.39 is 40.5 Å². The molecule has 0 bridgehead atoms. The second kappa shape index (κ2) is 21.1. The number of hydrogen-bond acceptors (Lipinski definition) is 4. The molecule has 7 nitrogen and oxygen atoms in total. The second-order valence-corrected chi connectivity index (χ2v) is 10.4. The highest BCUT2D eigenvalue weighted by Crippen LogP contribution is 2.32. The Kier molecular flexibility index (Phi) is 20.0. The second-order valence-electron chi connectivity index (χ2n) is 10.4. The molecule has 7 heteroatoms. The molecule has 2 N–H and O–H groups in total. The van der Waals surface area contributed by atoms with Gasteiger partial charge in [-0.3, -0.25) is 4.48 Å². The minimum atomic E-state index is -1.37. The molecule has 3 unspecified atom stereocenters. The number of rotatable bonds is 25. The lowest BCUT2D eigenvalue weighted by molar-refractivity contribution is -0.974. The van der Waals surface area contributed by atoms with Gasteiger partial charge in [-0.2, -0.15) is 0 Å². The molecule has 0 aliphatic rings. The fourth-order valence-electron chi connectivity index (χ4n) is 5.90. The SMILES string of the molecule is CCCCCCCCC/C=C/CCCCCCC[N+](C(CC)C(=O)[O-])(C(CC)C(=O)O)C(CC)C(=O)O. The number of quaternary nitrogens is 1. The highest BCUT2D eigenvalue weighted by atomic mass is 16.4. The summed E-state index contributed by atoms with van der Waals surface area (Å²) in [5, 5.41) is 32.1. The molecule has 0 rings (SSSR count). The molecule has 3 atom stereocenters. The van der Waals surface area contributed by atoms with Crippen LogP contribution in [0.3, 0.4) is 0 Å². The van der Waals surface area contributed by atoms with Gasteiger partial charge in [-0.15, -0.1) is 0 Å². The summed E-state index contributed by atoms with van der Waals surface area (Å²) in [6.07, 6.45) is 21.0. The van der Waals surface area contributed by atoms with E-state index in [0.29, 0.717) is 6.42 Å². The van der Waals surface area contributed by atoms with Gasteiger partial charge in [-0.25, -0.2) is 9.59 Å². The van der Waals surface area contributed by atoms with E-state index in [1.807, 2.05) is 0 Å². The highest BCUT2D eigenvalue weighted by Gasteiger charge is 2.53. The van der Waals surface area contributed by atoms with Gasteiger partial charge in [0.15, 0.2) is 12.1 Å². The molecule has 0 saturated heterocycles. The maximum Gasteiger partial charge on any atom is 0.362 e. The Morgan fingerprint density at radius 3 is 1.35 bits per heavy atom. The smallest absolute Gasteiger partial charge is 0.362 e. The molecule has 37 heavy (non-hydrogen) atoms. The molecule has 0 aliphatic heterocycles. The lowest BCUT2D eigenvalue weighted by Crippen LogP contribution is -2.73. The zero-order valence-electron chi connectivity index (χ0n) is 24.1. The molecule has 0 spiro atoms. The summed E-state index contributed by atoms with van der Waals surface area (Å²) in [4.78, 5) is 36.5. The van der Waals surface area contributed by atoms with Crippen molar-refractivity contribution in [3.63, 3.8) is 0 Å². The van der Waals surface area contributed by atoms with Crippen LogP contribution in [0.2, 0.25) is 0 Å². The van der Waals surface area contributed by atoms with Crippen molar-refractivity contribution >= 4 is 17.9 Å². The van der Waals surface area contributed by atoms with Crippen LogP contribution >= 0.6 is 0 Å². The van der Waals surface area contributed by atoms with Crippen molar-refractivity contribution in [3.05, 3.63) is 12.2 Å². The van der Waals surface area contributed by atoms with Gasteiger partial charge < -0.3 is 20.1 Å². The first-order valence-corrected chi connectivity index (χ1v) is 14.9. The monoisotopic (exact) mass is 525 g/mol. The Hall–Kier alpha value is -1.89. The summed E-state index contributed by atoms with van der Waals surface area (Å²) < 4.78 is -0.474. The van der Waals surface area contributed by atoms with Crippen molar-refractivity contribution in [3.8, 4) is 0 Å². The van der Waals surface area contributed by atoms with Gasteiger partial charge in [-0.1, -0.05) is 91.2 Å². The molecular weight excluding hydrogens is 470 g/mol. The van der Waals surface area contributed by atoms with Crippen LogP contribution in [-0.2, 0) is 14.4 Å². The molecule has 0 heterocycles. The quantitative estimate of drug-likeness (QED) is 0.0846. The first kappa shape index (κ1) is 35.1. The summed E-state index contributed by atoms with van der Waals surface area (Å²) in [5.74, 6) is -3.67. The van der Waals surface area contributed by atoms with E-state index >= 15 is 0 Å². The summed E-state index contributed by atoms with van der Waals surface area (Å²) in [5.41, 5.74) is 0. The zero-order chi connectivity index (χ0) is 28.1. The van der Waals surface area contributed by atoms with Gasteiger partial charge in [0, 0.05) is 19.3 Å². The largest absolute Gasteiger partial charge is 0.544 e. The van der Waals surface area contributed by atoms with Crippen LogP contribution < -0.4 is 5.11 Å². The molecule has 0 aromatic rings. The lowest BCUT2D eigenvalue weighted by Gasteiger charge is -2.51. The Morgan fingerprint density at radius 2 is 1.00 bits per heavy atom. The van der Waals surface area contributed by atoms with Crippen molar-refractivity contribution < 1.29 is 34.2 Å². The number of carboxylic acids is 3. The average Bonchev–Trinajstić information content (AvgIpc) is 2.84. The number of allylic oxidation sites excluding steroid dienone is 2. The van der Waals surface area contributed by atoms with Crippen LogP contribution in [0.5, 0.6) is 0 Å². The number of unbranched alkanes of at least 4 members (excludes halogenated alkanes) is 12. The fourth-order valence-corrected chi connectivity index (χ4v) is 5.90. The Morgan fingerprint density at radius 1 is 0.622 bits per heavy atom. The summed E-state index contributed by atoms with van der Waals surface area (Å²) in [6, 6.07) is -3.39. The number of carbonyl (C=O) groups is 3. The van der Waals surface area contributed by atoms with Gasteiger partial charge in [0.05, 0.1) is 12.5 Å². The van der Waals surface area contributed by atoms with Crippen LogP contribution in [-0.4, -0.2) is 57.3 Å². The summed E-state index contributed by atoms with van der Waals surface area (Å²) in [7, 11) is 0. The predicted octanol–water partition coefficient (Wildman–Crippen LogP) is 6.10. The third kappa shape index (κ3) is 12.5. The molecule has 0 radical (unpaired) electrons. The van der Waals surface area contributed by atoms with E-state index in [2.05, 4.69) is 19.1 Å². The minimum Gasteiger partial charge on any atom is -0.544 e. The van der Waals surface area contributed by atoms with Crippen molar-refractivity contribution in [1.29, 1.82) is 0 Å². The van der Waals surface area contributed by atoms with Gasteiger partial charge in [0.25, 0.3) is 0 Å². The normalized spacial score (nSPS) is 15.8. The number of nitrogens with zero attached hydrogens (tertiary/aromatic N) is 1. The number of carboxylic acid groups (broad SMARTS) is 3. The topological polar surface area (TPSA) is 115 Å². The third-order valence-electron chi connectivity index (χ3n) is 7.80. The van der Waals surface area contributed by atoms with Crippen molar-refractivity contribution in [2.75, 3.05) is 6.54 Å². The van der Waals surface area contributed by atoms with Gasteiger partial charge in [-0.05, 0) is 38.5 Å². The van der Waals surface area contributed by atoms with Crippen LogP contribution in [0, 0.1) is 0 Å². The van der Waals surface area contributed by atoms with E-state index in [4.69, 9.17) is 0 Å². The van der Waals surface area contributed by atoms with E-state index in [0.717, 1.165) is 38.5 Å². The Labute approximate surface area is 225 Å². The predicted molar refractivity (Wildman–Crippen MR) is 147 cm³/mol. The van der Waals surface area contributed by atoms with Gasteiger partial charge in [0.2, 0.25) is 0 Å². The molecule has 0 amide bonds. The third-order valence-corrected chi connectivity index (χ3v) is 7.80. The Bertz CT molecular complexity index is 607. The molecule has 0 fully saturated rings. The van der Waals surface area contributed by atoms with Crippen molar-refractivity contribution in [2.45, 2.75) is 155 Å². The van der Waals surface area contributed by atoms with Gasteiger partial charge in [0.1, 0.15) is 6.04 Å². The zero-order valence-corrected chi connectivity index (χ0v) is 24.1. The van der Waals surface area contributed by atoms with E-state index in [-0.39, 0.29) is 25.8 Å².